The van der Waals surface area contributed by atoms with E-state index in [4.69, 9.17) is 0 Å². The van der Waals surface area contributed by atoms with Crippen LogP contribution in [0.1, 0.15) is 28.8 Å². The number of aromatic amines is 1. The Morgan fingerprint density at radius 2 is 2.06 bits per heavy atom. The molecule has 88 valence electrons. The molecule has 3 nitrogen and oxygen atoms in total. The Morgan fingerprint density at radius 3 is 2.65 bits per heavy atom. The number of H-pyrrole nitrogens is 1. The van der Waals surface area contributed by atoms with Crippen molar-refractivity contribution in [1.82, 2.24) is 9.97 Å². The summed E-state index contributed by atoms with van der Waals surface area (Å²) in [5, 5.41) is 0. The molecule has 0 spiro atoms. The molecule has 4 heteroatoms. The molecular formula is C13H13FN2O. The predicted octanol–water partition coefficient (Wildman–Crippen LogP) is 2.54. The Hall–Kier alpha value is -1.97. The van der Waals surface area contributed by atoms with Crippen molar-refractivity contribution in [1.29, 1.82) is 0 Å². The molecule has 0 amide bonds. The molecule has 0 saturated carbocycles. The summed E-state index contributed by atoms with van der Waals surface area (Å²) in [6.45, 7) is 2.01. The first-order chi connectivity index (χ1) is 8.19. The second kappa shape index (κ2) is 4.91. The van der Waals surface area contributed by atoms with Crippen LogP contribution in [0, 0.1) is 5.82 Å². The van der Waals surface area contributed by atoms with Crippen LogP contribution in [-0.2, 0) is 12.8 Å². The number of aromatic nitrogens is 2. The molecule has 1 heterocycles. The van der Waals surface area contributed by atoms with Gasteiger partial charge in [0.15, 0.2) is 5.78 Å². The zero-order chi connectivity index (χ0) is 12.3. The Labute approximate surface area is 98.7 Å². The van der Waals surface area contributed by atoms with E-state index in [0.29, 0.717) is 11.4 Å². The third-order valence-electron chi connectivity index (χ3n) is 2.56. The Morgan fingerprint density at radius 1 is 1.35 bits per heavy atom. The number of halogens is 1. The molecule has 0 aliphatic heterocycles. The molecule has 0 saturated heterocycles. The van der Waals surface area contributed by atoms with Crippen LogP contribution in [-0.4, -0.2) is 15.8 Å². The van der Waals surface area contributed by atoms with Crippen molar-refractivity contribution >= 4 is 5.78 Å². The largest absolute Gasteiger partial charge is 0.346 e. The van der Waals surface area contributed by atoms with E-state index in [-0.39, 0.29) is 18.0 Å². The fourth-order valence-electron chi connectivity index (χ4n) is 1.57. The Kier molecular flexibility index (Phi) is 3.32. The number of hydrogen-bond donors (Lipinski definition) is 1. The van der Waals surface area contributed by atoms with Crippen LogP contribution in [0.3, 0.4) is 0 Å². The van der Waals surface area contributed by atoms with Crippen LogP contribution in [0.4, 0.5) is 4.39 Å². The van der Waals surface area contributed by atoms with Gasteiger partial charge in [-0.05, 0) is 30.7 Å². The average Bonchev–Trinajstić information content (AvgIpc) is 2.77. The van der Waals surface area contributed by atoms with Gasteiger partial charge in [-0.1, -0.05) is 6.92 Å². The van der Waals surface area contributed by atoms with Crippen LogP contribution in [0.25, 0.3) is 0 Å². The number of ketones is 1. The Bertz CT molecular complexity index is 516. The molecule has 1 N–H and O–H groups in total. The third-order valence-corrected chi connectivity index (χ3v) is 2.56. The first-order valence-electron chi connectivity index (χ1n) is 5.50. The van der Waals surface area contributed by atoms with Crippen molar-refractivity contribution in [2.75, 3.05) is 0 Å². The quantitative estimate of drug-likeness (QED) is 0.823. The number of hydrogen-bond acceptors (Lipinski definition) is 2. The van der Waals surface area contributed by atoms with Crippen molar-refractivity contribution in [3.05, 3.63) is 53.4 Å². The lowest BCUT2D eigenvalue weighted by Gasteiger charge is -1.98. The monoisotopic (exact) mass is 232 g/mol. The molecule has 1 aromatic carbocycles. The lowest BCUT2D eigenvalue weighted by Crippen LogP contribution is -2.05. The number of nitrogens with zero attached hydrogens (tertiary/aromatic N) is 1. The molecule has 17 heavy (non-hydrogen) atoms. The second-order valence-corrected chi connectivity index (χ2v) is 3.82. The van der Waals surface area contributed by atoms with Gasteiger partial charge in [-0.3, -0.25) is 4.79 Å². The maximum absolute atomic E-state index is 12.7. The van der Waals surface area contributed by atoms with Crippen molar-refractivity contribution in [2.45, 2.75) is 19.8 Å². The number of aryl methyl sites for hydroxylation is 1. The van der Waals surface area contributed by atoms with Crippen molar-refractivity contribution in [3.8, 4) is 0 Å². The van der Waals surface area contributed by atoms with Crippen LogP contribution in [0.5, 0.6) is 0 Å². The summed E-state index contributed by atoms with van der Waals surface area (Å²) < 4.78 is 12.7. The van der Waals surface area contributed by atoms with Crippen LogP contribution >= 0.6 is 0 Å². The van der Waals surface area contributed by atoms with Gasteiger partial charge in [-0.15, -0.1) is 0 Å². The second-order valence-electron chi connectivity index (χ2n) is 3.82. The van der Waals surface area contributed by atoms with Crippen LogP contribution in [0.2, 0.25) is 0 Å². The zero-order valence-corrected chi connectivity index (χ0v) is 9.53. The number of Topliss-reactive ketones (excluding diaryl/α,β-unsaturated/α-hetero) is 1. The lowest BCUT2D eigenvalue weighted by molar-refractivity contribution is 0.0991. The highest BCUT2D eigenvalue weighted by Crippen LogP contribution is 2.07. The molecule has 0 aliphatic carbocycles. The highest BCUT2D eigenvalue weighted by molar-refractivity contribution is 5.97. The van der Waals surface area contributed by atoms with Gasteiger partial charge in [0.2, 0.25) is 0 Å². The standard InChI is InChI=1S/C13H13FN2O/c1-2-11-8-15-13(16-11)7-12(17)9-3-5-10(14)6-4-9/h3-6,8H,2,7H2,1H3,(H,15,16). The maximum Gasteiger partial charge on any atom is 0.170 e. The van der Waals surface area contributed by atoms with Gasteiger partial charge in [0, 0.05) is 17.5 Å². The summed E-state index contributed by atoms with van der Waals surface area (Å²) in [4.78, 5) is 19.0. The number of carbonyl (C=O) groups excluding carboxylic acids is 1. The fraction of sp³-hybridized carbons (Fsp3) is 0.231. The maximum atomic E-state index is 12.7. The molecule has 0 atom stereocenters. The zero-order valence-electron chi connectivity index (χ0n) is 9.53. The van der Waals surface area contributed by atoms with Gasteiger partial charge in [0.05, 0.1) is 6.42 Å². The third kappa shape index (κ3) is 2.78. The minimum absolute atomic E-state index is 0.0676. The van der Waals surface area contributed by atoms with Gasteiger partial charge in [0.25, 0.3) is 0 Å². The molecule has 1 aromatic heterocycles. The molecule has 0 unspecified atom stereocenters. The van der Waals surface area contributed by atoms with Gasteiger partial charge in [0.1, 0.15) is 11.6 Å². The smallest absolute Gasteiger partial charge is 0.170 e. The highest BCUT2D eigenvalue weighted by atomic mass is 19.1. The average molecular weight is 232 g/mol. The first-order valence-corrected chi connectivity index (χ1v) is 5.50. The van der Waals surface area contributed by atoms with E-state index in [2.05, 4.69) is 9.97 Å². The van der Waals surface area contributed by atoms with E-state index in [1.807, 2.05) is 6.92 Å². The summed E-state index contributed by atoms with van der Waals surface area (Å²) >= 11 is 0. The molecule has 0 radical (unpaired) electrons. The summed E-state index contributed by atoms with van der Waals surface area (Å²) in [6.07, 6.45) is 2.80. The molecule has 2 aromatic rings. The topological polar surface area (TPSA) is 45.8 Å². The molecule has 2 rings (SSSR count). The number of rotatable bonds is 4. The van der Waals surface area contributed by atoms with E-state index in [1.54, 1.807) is 6.20 Å². The predicted molar refractivity (Wildman–Crippen MR) is 62.4 cm³/mol. The van der Waals surface area contributed by atoms with Crippen molar-refractivity contribution < 1.29 is 9.18 Å². The Balaban J connectivity index is 2.08. The molecule has 0 aliphatic rings. The number of imidazole rings is 1. The molecule has 0 fully saturated rings. The normalized spacial score (nSPS) is 10.5. The lowest BCUT2D eigenvalue weighted by atomic mass is 10.1. The van der Waals surface area contributed by atoms with E-state index >= 15 is 0 Å². The minimum atomic E-state index is -0.340. The van der Waals surface area contributed by atoms with Gasteiger partial charge in [-0.25, -0.2) is 9.37 Å². The SMILES string of the molecule is CCc1cnc(CC(=O)c2ccc(F)cc2)[nH]1. The molecule has 0 bridgehead atoms. The number of nitrogens with one attached hydrogen (secondary N) is 1. The van der Waals surface area contributed by atoms with E-state index in [1.165, 1.54) is 24.3 Å². The number of carbonyl (C=O) groups is 1. The first kappa shape index (κ1) is 11.5. The van der Waals surface area contributed by atoms with E-state index < -0.39 is 0 Å². The highest BCUT2D eigenvalue weighted by Gasteiger charge is 2.09. The number of benzene rings is 1. The summed E-state index contributed by atoms with van der Waals surface area (Å²) in [6, 6.07) is 5.54. The minimum Gasteiger partial charge on any atom is -0.346 e. The van der Waals surface area contributed by atoms with E-state index in [0.717, 1.165) is 12.1 Å². The van der Waals surface area contributed by atoms with Crippen molar-refractivity contribution in [2.24, 2.45) is 0 Å². The summed E-state index contributed by atoms with van der Waals surface area (Å²) in [7, 11) is 0. The summed E-state index contributed by atoms with van der Waals surface area (Å²) in [5.74, 6) is 0.242. The van der Waals surface area contributed by atoms with Crippen molar-refractivity contribution in [3.63, 3.8) is 0 Å². The fourth-order valence-corrected chi connectivity index (χ4v) is 1.57. The van der Waals surface area contributed by atoms with Crippen LogP contribution in [0.15, 0.2) is 30.5 Å². The molecular weight excluding hydrogens is 219 g/mol. The summed E-state index contributed by atoms with van der Waals surface area (Å²) in [5.41, 5.74) is 1.51. The van der Waals surface area contributed by atoms with Gasteiger partial charge < -0.3 is 4.98 Å². The van der Waals surface area contributed by atoms with Gasteiger partial charge in [-0.2, -0.15) is 0 Å². The van der Waals surface area contributed by atoms with Crippen LogP contribution < -0.4 is 0 Å². The van der Waals surface area contributed by atoms with Gasteiger partial charge >= 0.3 is 0 Å². The van der Waals surface area contributed by atoms with E-state index in [9.17, 15) is 9.18 Å².